The fraction of sp³-hybridized carbons (Fsp3) is 0.385. The SMILES string of the molecule is C=C(C)C[C@H](N)c1ccc(O)c(OCC)c1. The van der Waals surface area contributed by atoms with Gasteiger partial charge >= 0.3 is 0 Å². The Morgan fingerprint density at radius 3 is 2.81 bits per heavy atom. The van der Waals surface area contributed by atoms with Gasteiger partial charge < -0.3 is 15.6 Å². The van der Waals surface area contributed by atoms with Crippen LogP contribution in [0.25, 0.3) is 0 Å². The van der Waals surface area contributed by atoms with Gasteiger partial charge in [-0.25, -0.2) is 0 Å². The summed E-state index contributed by atoms with van der Waals surface area (Å²) in [7, 11) is 0. The molecule has 3 nitrogen and oxygen atoms in total. The maximum absolute atomic E-state index is 9.55. The molecule has 16 heavy (non-hydrogen) atoms. The Morgan fingerprint density at radius 2 is 2.25 bits per heavy atom. The van der Waals surface area contributed by atoms with Gasteiger partial charge in [-0.05, 0) is 38.0 Å². The van der Waals surface area contributed by atoms with Gasteiger partial charge in [0, 0.05) is 6.04 Å². The molecule has 0 fully saturated rings. The minimum absolute atomic E-state index is 0.0997. The lowest BCUT2D eigenvalue weighted by Gasteiger charge is -2.14. The standard InChI is InChI=1S/C13H19NO2/c1-4-16-13-8-10(5-6-12(13)15)11(14)7-9(2)3/h5-6,8,11,15H,2,4,7,14H2,1,3H3/t11-/m0/s1. The van der Waals surface area contributed by atoms with E-state index in [0.717, 1.165) is 17.6 Å². The number of rotatable bonds is 5. The first-order chi connectivity index (χ1) is 7.54. The third-order valence-electron chi connectivity index (χ3n) is 2.28. The van der Waals surface area contributed by atoms with E-state index < -0.39 is 0 Å². The average molecular weight is 221 g/mol. The first kappa shape index (κ1) is 12.6. The number of hydrogen-bond donors (Lipinski definition) is 2. The van der Waals surface area contributed by atoms with Gasteiger partial charge in [-0.2, -0.15) is 0 Å². The Balaban J connectivity index is 2.88. The van der Waals surface area contributed by atoms with E-state index in [0.29, 0.717) is 12.4 Å². The van der Waals surface area contributed by atoms with Crippen LogP contribution in [0.2, 0.25) is 0 Å². The van der Waals surface area contributed by atoms with E-state index in [1.807, 2.05) is 19.9 Å². The van der Waals surface area contributed by atoms with E-state index in [-0.39, 0.29) is 11.8 Å². The van der Waals surface area contributed by atoms with Crippen molar-refractivity contribution in [3.05, 3.63) is 35.9 Å². The fourth-order valence-corrected chi connectivity index (χ4v) is 1.53. The van der Waals surface area contributed by atoms with Gasteiger partial charge in [0.2, 0.25) is 0 Å². The quantitative estimate of drug-likeness (QED) is 0.752. The first-order valence-electron chi connectivity index (χ1n) is 5.40. The molecule has 0 bridgehead atoms. The third-order valence-corrected chi connectivity index (χ3v) is 2.28. The molecule has 0 radical (unpaired) electrons. The summed E-state index contributed by atoms with van der Waals surface area (Å²) in [6, 6.07) is 5.11. The van der Waals surface area contributed by atoms with Crippen LogP contribution in [0, 0.1) is 0 Å². The molecule has 3 N–H and O–H groups in total. The fourth-order valence-electron chi connectivity index (χ4n) is 1.53. The Morgan fingerprint density at radius 1 is 1.56 bits per heavy atom. The number of ether oxygens (including phenoxy) is 1. The molecule has 0 aliphatic heterocycles. The summed E-state index contributed by atoms with van der Waals surface area (Å²) in [5, 5.41) is 9.55. The number of benzene rings is 1. The zero-order valence-electron chi connectivity index (χ0n) is 9.86. The molecular formula is C13H19NO2. The van der Waals surface area contributed by atoms with Crippen molar-refractivity contribution in [2.24, 2.45) is 5.73 Å². The molecule has 0 heterocycles. The highest BCUT2D eigenvalue weighted by atomic mass is 16.5. The number of aromatic hydroxyl groups is 1. The topological polar surface area (TPSA) is 55.5 Å². The average Bonchev–Trinajstić information content (AvgIpc) is 2.20. The van der Waals surface area contributed by atoms with Crippen molar-refractivity contribution in [3.63, 3.8) is 0 Å². The van der Waals surface area contributed by atoms with Gasteiger partial charge in [0.25, 0.3) is 0 Å². The van der Waals surface area contributed by atoms with Crippen LogP contribution in [0.3, 0.4) is 0 Å². The summed E-state index contributed by atoms with van der Waals surface area (Å²) >= 11 is 0. The summed E-state index contributed by atoms with van der Waals surface area (Å²) in [5.41, 5.74) is 8.00. The largest absolute Gasteiger partial charge is 0.504 e. The second-order valence-corrected chi connectivity index (χ2v) is 3.93. The summed E-state index contributed by atoms with van der Waals surface area (Å²) in [6.45, 7) is 8.18. The summed E-state index contributed by atoms with van der Waals surface area (Å²) < 4.78 is 5.30. The van der Waals surface area contributed by atoms with Gasteiger partial charge in [0.15, 0.2) is 11.5 Å². The van der Waals surface area contributed by atoms with E-state index >= 15 is 0 Å². The minimum Gasteiger partial charge on any atom is -0.504 e. The van der Waals surface area contributed by atoms with Gasteiger partial charge in [-0.1, -0.05) is 11.6 Å². The maximum atomic E-state index is 9.55. The highest BCUT2D eigenvalue weighted by Gasteiger charge is 2.09. The lowest BCUT2D eigenvalue weighted by Crippen LogP contribution is -2.10. The molecule has 0 amide bonds. The molecule has 0 unspecified atom stereocenters. The number of phenols is 1. The van der Waals surface area contributed by atoms with E-state index in [1.54, 1.807) is 12.1 Å². The second kappa shape index (κ2) is 5.56. The Bertz CT molecular complexity index is 374. The minimum atomic E-state index is -0.0997. The Hall–Kier alpha value is -1.48. The smallest absolute Gasteiger partial charge is 0.161 e. The van der Waals surface area contributed by atoms with E-state index in [9.17, 15) is 5.11 Å². The van der Waals surface area contributed by atoms with E-state index in [1.165, 1.54) is 0 Å². The van der Waals surface area contributed by atoms with E-state index in [4.69, 9.17) is 10.5 Å². The number of hydrogen-bond acceptors (Lipinski definition) is 3. The molecule has 1 atom stereocenters. The Labute approximate surface area is 96.5 Å². The predicted molar refractivity (Wildman–Crippen MR) is 65.6 cm³/mol. The molecule has 0 saturated carbocycles. The van der Waals surface area contributed by atoms with Gasteiger partial charge in [-0.15, -0.1) is 6.58 Å². The van der Waals surface area contributed by atoms with Crippen molar-refractivity contribution in [1.82, 2.24) is 0 Å². The molecule has 0 saturated heterocycles. The van der Waals surface area contributed by atoms with Crippen LogP contribution in [0.4, 0.5) is 0 Å². The van der Waals surface area contributed by atoms with Crippen molar-refractivity contribution in [1.29, 1.82) is 0 Å². The molecule has 1 rings (SSSR count). The van der Waals surface area contributed by atoms with Crippen LogP contribution >= 0.6 is 0 Å². The number of phenolic OH excluding ortho intramolecular Hbond substituents is 1. The van der Waals surface area contributed by atoms with Crippen molar-refractivity contribution in [2.75, 3.05) is 6.61 Å². The highest BCUT2D eigenvalue weighted by molar-refractivity contribution is 5.42. The van der Waals surface area contributed by atoms with Crippen molar-refractivity contribution >= 4 is 0 Å². The molecule has 0 aliphatic carbocycles. The van der Waals surface area contributed by atoms with Crippen LogP contribution in [-0.4, -0.2) is 11.7 Å². The zero-order chi connectivity index (χ0) is 12.1. The second-order valence-electron chi connectivity index (χ2n) is 3.93. The van der Waals surface area contributed by atoms with Gasteiger partial charge in [0.05, 0.1) is 6.61 Å². The third kappa shape index (κ3) is 3.28. The highest BCUT2D eigenvalue weighted by Crippen LogP contribution is 2.30. The van der Waals surface area contributed by atoms with Crippen molar-refractivity contribution in [3.8, 4) is 11.5 Å². The van der Waals surface area contributed by atoms with Crippen LogP contribution in [0.15, 0.2) is 30.4 Å². The van der Waals surface area contributed by atoms with Gasteiger partial charge in [-0.3, -0.25) is 0 Å². The maximum Gasteiger partial charge on any atom is 0.161 e. The molecule has 0 aliphatic rings. The lowest BCUT2D eigenvalue weighted by atomic mass is 10.0. The van der Waals surface area contributed by atoms with Crippen molar-refractivity contribution < 1.29 is 9.84 Å². The van der Waals surface area contributed by atoms with Crippen LogP contribution in [-0.2, 0) is 0 Å². The number of nitrogens with two attached hydrogens (primary N) is 1. The molecular weight excluding hydrogens is 202 g/mol. The molecule has 88 valence electrons. The van der Waals surface area contributed by atoms with Gasteiger partial charge in [0.1, 0.15) is 0 Å². The normalized spacial score (nSPS) is 12.2. The lowest BCUT2D eigenvalue weighted by molar-refractivity contribution is 0.317. The molecule has 0 aromatic heterocycles. The summed E-state index contributed by atoms with van der Waals surface area (Å²) in [6.07, 6.45) is 0.732. The predicted octanol–water partition coefficient (Wildman–Crippen LogP) is 2.76. The van der Waals surface area contributed by atoms with Crippen LogP contribution in [0.1, 0.15) is 31.9 Å². The molecule has 1 aromatic carbocycles. The van der Waals surface area contributed by atoms with Crippen LogP contribution in [0.5, 0.6) is 11.5 Å². The monoisotopic (exact) mass is 221 g/mol. The molecule has 3 heteroatoms. The summed E-state index contributed by atoms with van der Waals surface area (Å²) in [5.74, 6) is 0.630. The van der Waals surface area contributed by atoms with Crippen LogP contribution < -0.4 is 10.5 Å². The first-order valence-corrected chi connectivity index (χ1v) is 5.40. The van der Waals surface area contributed by atoms with Crippen molar-refractivity contribution in [2.45, 2.75) is 26.3 Å². The zero-order valence-corrected chi connectivity index (χ0v) is 9.86. The van der Waals surface area contributed by atoms with E-state index in [2.05, 4.69) is 6.58 Å². The Kier molecular flexibility index (Phi) is 4.38. The molecule has 0 spiro atoms. The molecule has 1 aromatic rings. The summed E-state index contributed by atoms with van der Waals surface area (Å²) in [4.78, 5) is 0.